The number of rotatable bonds is 2. The Morgan fingerprint density at radius 3 is 2.50 bits per heavy atom. The van der Waals surface area contributed by atoms with Crippen molar-refractivity contribution in [2.75, 3.05) is 0 Å². The predicted octanol–water partition coefficient (Wildman–Crippen LogP) is 3.25. The summed E-state index contributed by atoms with van der Waals surface area (Å²) in [5, 5.41) is 0. The van der Waals surface area contributed by atoms with Crippen LogP contribution in [0.2, 0.25) is 0 Å². The number of fused-ring (bicyclic) bond motifs is 2. The minimum Gasteiger partial charge on any atom is -0.490 e. The third-order valence-electron chi connectivity index (χ3n) is 4.68. The quantitative estimate of drug-likeness (QED) is 0.904. The normalized spacial score (nSPS) is 26.9. The molecule has 3 atom stereocenters. The van der Waals surface area contributed by atoms with Gasteiger partial charge >= 0.3 is 0 Å². The molecule has 1 aliphatic heterocycles. The highest BCUT2D eigenvalue weighted by Crippen LogP contribution is 2.39. The number of nitrogens with two attached hydrogens (primary N) is 1. The van der Waals surface area contributed by atoms with E-state index in [0.29, 0.717) is 5.92 Å². The maximum Gasteiger partial charge on any atom is 0.123 e. The average Bonchev–Trinajstić information content (AvgIpc) is 3.01. The molecule has 2 aromatic rings. The van der Waals surface area contributed by atoms with E-state index < -0.39 is 0 Å². The second kappa shape index (κ2) is 4.64. The Labute approximate surface area is 119 Å². The van der Waals surface area contributed by atoms with Gasteiger partial charge in [-0.15, -0.1) is 0 Å². The summed E-state index contributed by atoms with van der Waals surface area (Å²) in [7, 11) is 0. The molecule has 0 aromatic heterocycles. The predicted molar refractivity (Wildman–Crippen MR) is 79.7 cm³/mol. The maximum absolute atomic E-state index is 6.42. The molecule has 20 heavy (non-hydrogen) atoms. The lowest BCUT2D eigenvalue weighted by Gasteiger charge is -2.20. The van der Waals surface area contributed by atoms with Crippen molar-refractivity contribution in [2.24, 2.45) is 11.7 Å². The highest BCUT2D eigenvalue weighted by atomic mass is 16.5. The molecule has 2 heteroatoms. The van der Waals surface area contributed by atoms with Crippen LogP contribution in [0.3, 0.4) is 0 Å². The van der Waals surface area contributed by atoms with Gasteiger partial charge in [0.1, 0.15) is 11.9 Å². The van der Waals surface area contributed by atoms with Crippen molar-refractivity contribution in [1.29, 1.82) is 0 Å². The second-order valence-corrected chi connectivity index (χ2v) is 5.98. The van der Waals surface area contributed by atoms with E-state index in [4.69, 9.17) is 10.5 Å². The Morgan fingerprint density at radius 1 is 0.950 bits per heavy atom. The molecule has 0 saturated heterocycles. The zero-order valence-corrected chi connectivity index (χ0v) is 11.5. The monoisotopic (exact) mass is 265 g/mol. The summed E-state index contributed by atoms with van der Waals surface area (Å²) in [6.45, 7) is 0. The molecule has 0 radical (unpaired) electrons. The topological polar surface area (TPSA) is 35.2 Å². The maximum atomic E-state index is 6.42. The van der Waals surface area contributed by atoms with Crippen LogP contribution < -0.4 is 10.5 Å². The summed E-state index contributed by atoms with van der Waals surface area (Å²) in [6, 6.07) is 17.1. The van der Waals surface area contributed by atoms with Crippen molar-refractivity contribution < 1.29 is 4.74 Å². The smallest absolute Gasteiger partial charge is 0.123 e. The first-order valence-electron chi connectivity index (χ1n) is 7.39. The van der Waals surface area contributed by atoms with Crippen molar-refractivity contribution in [3.8, 4) is 5.75 Å². The molecule has 0 saturated carbocycles. The lowest BCUT2D eigenvalue weighted by Crippen LogP contribution is -2.24. The third-order valence-corrected chi connectivity index (χ3v) is 4.68. The molecule has 0 amide bonds. The standard InChI is InChI=1S/C18H19NO/c19-18-14(9-12-5-1-3-7-16(12)18)11-15-10-13-6-2-4-8-17(13)20-15/h1-8,14-15,18H,9-11,19H2. The molecule has 0 fully saturated rings. The van der Waals surface area contributed by atoms with Gasteiger partial charge in [-0.25, -0.2) is 0 Å². The first kappa shape index (κ1) is 12.0. The molecular weight excluding hydrogens is 246 g/mol. The van der Waals surface area contributed by atoms with Gasteiger partial charge in [-0.3, -0.25) is 0 Å². The van der Waals surface area contributed by atoms with Gasteiger partial charge in [0.15, 0.2) is 0 Å². The number of ether oxygens (including phenoxy) is 1. The average molecular weight is 265 g/mol. The molecule has 2 aromatic carbocycles. The largest absolute Gasteiger partial charge is 0.490 e. The van der Waals surface area contributed by atoms with Crippen molar-refractivity contribution in [3.05, 3.63) is 65.2 Å². The Morgan fingerprint density at radius 2 is 1.70 bits per heavy atom. The molecule has 102 valence electrons. The minimum atomic E-state index is 0.165. The van der Waals surface area contributed by atoms with Crippen molar-refractivity contribution >= 4 is 0 Å². The summed E-state index contributed by atoms with van der Waals surface area (Å²) >= 11 is 0. The van der Waals surface area contributed by atoms with E-state index in [9.17, 15) is 0 Å². The summed E-state index contributed by atoms with van der Waals surface area (Å²) < 4.78 is 6.06. The number of para-hydroxylation sites is 1. The zero-order chi connectivity index (χ0) is 13.5. The SMILES string of the molecule is NC1c2ccccc2CC1CC1Cc2ccccc2O1. The van der Waals surface area contributed by atoms with Crippen LogP contribution in [0.5, 0.6) is 5.75 Å². The molecule has 0 spiro atoms. The van der Waals surface area contributed by atoms with Gasteiger partial charge in [0.2, 0.25) is 0 Å². The fraction of sp³-hybridized carbons (Fsp3) is 0.333. The molecule has 2 nitrogen and oxygen atoms in total. The highest BCUT2D eigenvalue weighted by Gasteiger charge is 2.33. The van der Waals surface area contributed by atoms with Crippen molar-refractivity contribution in [1.82, 2.24) is 0 Å². The van der Waals surface area contributed by atoms with Gasteiger partial charge in [-0.05, 0) is 41.5 Å². The minimum absolute atomic E-state index is 0.165. The Kier molecular flexibility index (Phi) is 2.78. The number of hydrogen-bond acceptors (Lipinski definition) is 2. The van der Waals surface area contributed by atoms with Gasteiger partial charge in [-0.1, -0.05) is 42.5 Å². The van der Waals surface area contributed by atoms with Crippen LogP contribution in [0.25, 0.3) is 0 Å². The number of hydrogen-bond donors (Lipinski definition) is 1. The molecule has 3 unspecified atom stereocenters. The fourth-order valence-electron chi connectivity index (χ4n) is 3.66. The van der Waals surface area contributed by atoms with Crippen LogP contribution >= 0.6 is 0 Å². The Bertz CT molecular complexity index is 612. The van der Waals surface area contributed by atoms with Crippen LogP contribution in [-0.4, -0.2) is 6.10 Å². The lowest BCUT2D eigenvalue weighted by atomic mass is 9.93. The van der Waals surface area contributed by atoms with Gasteiger partial charge in [0.25, 0.3) is 0 Å². The third kappa shape index (κ3) is 1.92. The first-order valence-corrected chi connectivity index (χ1v) is 7.39. The fourth-order valence-corrected chi connectivity index (χ4v) is 3.66. The highest BCUT2D eigenvalue weighted by molar-refractivity contribution is 5.38. The van der Waals surface area contributed by atoms with Crippen molar-refractivity contribution in [3.63, 3.8) is 0 Å². The van der Waals surface area contributed by atoms with Crippen LogP contribution in [0.1, 0.15) is 29.2 Å². The van der Waals surface area contributed by atoms with Crippen LogP contribution in [0.15, 0.2) is 48.5 Å². The van der Waals surface area contributed by atoms with Gasteiger partial charge in [0, 0.05) is 12.5 Å². The van der Waals surface area contributed by atoms with E-state index in [0.717, 1.165) is 25.0 Å². The summed E-state index contributed by atoms with van der Waals surface area (Å²) in [5.41, 5.74) is 10.5. The first-order chi connectivity index (χ1) is 9.81. The summed E-state index contributed by atoms with van der Waals surface area (Å²) in [4.78, 5) is 0. The van der Waals surface area contributed by atoms with E-state index >= 15 is 0 Å². The zero-order valence-electron chi connectivity index (χ0n) is 11.5. The van der Waals surface area contributed by atoms with Crippen LogP contribution in [0.4, 0.5) is 0 Å². The molecule has 1 heterocycles. The van der Waals surface area contributed by atoms with E-state index in [1.54, 1.807) is 0 Å². The molecule has 1 aliphatic carbocycles. The lowest BCUT2D eigenvalue weighted by molar-refractivity contribution is 0.187. The molecular formula is C18H19NO. The van der Waals surface area contributed by atoms with Crippen LogP contribution in [0, 0.1) is 5.92 Å². The Hall–Kier alpha value is -1.80. The van der Waals surface area contributed by atoms with Gasteiger partial charge in [-0.2, -0.15) is 0 Å². The van der Waals surface area contributed by atoms with E-state index in [1.807, 2.05) is 6.07 Å². The summed E-state index contributed by atoms with van der Waals surface area (Å²) in [5.74, 6) is 1.56. The van der Waals surface area contributed by atoms with Crippen molar-refractivity contribution in [2.45, 2.75) is 31.4 Å². The van der Waals surface area contributed by atoms with E-state index in [2.05, 4.69) is 42.5 Å². The van der Waals surface area contributed by atoms with Crippen LogP contribution in [-0.2, 0) is 12.8 Å². The molecule has 2 N–H and O–H groups in total. The van der Waals surface area contributed by atoms with Gasteiger partial charge in [0.05, 0.1) is 0 Å². The van der Waals surface area contributed by atoms with Gasteiger partial charge < -0.3 is 10.5 Å². The Balaban J connectivity index is 1.48. The summed E-state index contributed by atoms with van der Waals surface area (Å²) in [6.07, 6.45) is 3.45. The molecule has 0 bridgehead atoms. The molecule has 2 aliphatic rings. The number of benzene rings is 2. The van der Waals surface area contributed by atoms with E-state index in [-0.39, 0.29) is 12.1 Å². The molecule has 4 rings (SSSR count). The second-order valence-electron chi connectivity index (χ2n) is 5.98. The van der Waals surface area contributed by atoms with E-state index in [1.165, 1.54) is 16.7 Å².